The van der Waals surface area contributed by atoms with E-state index in [1.54, 1.807) is 24.8 Å². The molecule has 1 aromatic heterocycles. The molecule has 0 saturated carbocycles. The summed E-state index contributed by atoms with van der Waals surface area (Å²) in [4.78, 5) is 27.2. The zero-order chi connectivity index (χ0) is 14.7. The summed E-state index contributed by atoms with van der Waals surface area (Å²) in [6.07, 6.45) is 0. The van der Waals surface area contributed by atoms with E-state index in [4.69, 9.17) is 4.52 Å². The van der Waals surface area contributed by atoms with Gasteiger partial charge in [0, 0.05) is 39.2 Å². The number of carbonyl (C=O) groups is 2. The molecule has 1 N–H and O–H groups in total. The fraction of sp³-hybridized carbons (Fsp3) is 0.615. The molecule has 1 fully saturated rings. The number of nitrogens with one attached hydrogen (secondary N) is 1. The van der Waals surface area contributed by atoms with Crippen LogP contribution < -0.4 is 5.32 Å². The minimum Gasteiger partial charge on any atom is -0.340 e. The second-order valence-corrected chi connectivity index (χ2v) is 5.04. The Morgan fingerprint density at radius 3 is 2.50 bits per heavy atom. The van der Waals surface area contributed by atoms with Crippen molar-refractivity contribution in [2.45, 2.75) is 26.8 Å². The van der Waals surface area contributed by atoms with Gasteiger partial charge in [0.2, 0.25) is 17.7 Å². The molecule has 0 aromatic carbocycles. The highest BCUT2D eigenvalue weighted by Crippen LogP contribution is 2.12. The molecular formula is C13H20N4O3. The standard InChI is InChI=1S/C13H20N4O3/c1-9-8-12(20-15-9)14-13(19)10(2)16-4-6-17(7-5-16)11(3)18/h8,10H,4-7H2,1-3H3,(H,14,19)/t10-/m0/s1. The van der Waals surface area contributed by atoms with Crippen LogP contribution in [0.2, 0.25) is 0 Å². The fourth-order valence-electron chi connectivity index (χ4n) is 2.24. The molecule has 1 saturated heterocycles. The number of rotatable bonds is 3. The summed E-state index contributed by atoms with van der Waals surface area (Å²) in [5, 5.41) is 6.43. The van der Waals surface area contributed by atoms with Crippen LogP contribution in [0, 0.1) is 6.92 Å². The minimum atomic E-state index is -0.269. The van der Waals surface area contributed by atoms with E-state index in [0.29, 0.717) is 32.1 Å². The lowest BCUT2D eigenvalue weighted by atomic mass is 10.2. The normalized spacial score (nSPS) is 17.9. The zero-order valence-corrected chi connectivity index (χ0v) is 12.0. The molecule has 2 rings (SSSR count). The van der Waals surface area contributed by atoms with Crippen molar-refractivity contribution < 1.29 is 14.1 Å². The summed E-state index contributed by atoms with van der Waals surface area (Å²) < 4.78 is 4.97. The highest BCUT2D eigenvalue weighted by molar-refractivity contribution is 5.93. The maximum atomic E-state index is 12.1. The lowest BCUT2D eigenvalue weighted by Crippen LogP contribution is -2.53. The van der Waals surface area contributed by atoms with E-state index in [0.717, 1.165) is 5.69 Å². The summed E-state index contributed by atoms with van der Waals surface area (Å²) in [5.41, 5.74) is 0.725. The molecule has 110 valence electrons. The van der Waals surface area contributed by atoms with Gasteiger partial charge < -0.3 is 9.42 Å². The number of piperazine rings is 1. The molecule has 1 aliphatic heterocycles. The average Bonchev–Trinajstić information content (AvgIpc) is 2.83. The number of aromatic nitrogens is 1. The van der Waals surface area contributed by atoms with Gasteiger partial charge in [0.15, 0.2) is 0 Å². The predicted molar refractivity (Wildman–Crippen MR) is 73.2 cm³/mol. The molecule has 7 nitrogen and oxygen atoms in total. The molecule has 0 unspecified atom stereocenters. The van der Waals surface area contributed by atoms with Crippen LogP contribution >= 0.6 is 0 Å². The summed E-state index contributed by atoms with van der Waals surface area (Å²) >= 11 is 0. The van der Waals surface area contributed by atoms with Gasteiger partial charge >= 0.3 is 0 Å². The molecule has 0 aliphatic carbocycles. The van der Waals surface area contributed by atoms with E-state index in [1.165, 1.54) is 0 Å². The van der Waals surface area contributed by atoms with Crippen LogP contribution in [0.25, 0.3) is 0 Å². The van der Waals surface area contributed by atoms with Crippen molar-refractivity contribution in [2.24, 2.45) is 0 Å². The monoisotopic (exact) mass is 280 g/mol. The molecule has 1 atom stereocenters. The molecule has 1 aliphatic rings. The third kappa shape index (κ3) is 3.36. The lowest BCUT2D eigenvalue weighted by molar-refractivity contribution is -0.131. The van der Waals surface area contributed by atoms with Crippen LogP contribution in [-0.4, -0.2) is 59.0 Å². The first kappa shape index (κ1) is 14.5. The number of hydrogen-bond donors (Lipinski definition) is 1. The number of carbonyl (C=O) groups excluding carboxylic acids is 2. The van der Waals surface area contributed by atoms with Crippen LogP contribution in [0.3, 0.4) is 0 Å². The van der Waals surface area contributed by atoms with Crippen molar-refractivity contribution in [2.75, 3.05) is 31.5 Å². The molecule has 20 heavy (non-hydrogen) atoms. The highest BCUT2D eigenvalue weighted by Gasteiger charge is 2.26. The topological polar surface area (TPSA) is 78.7 Å². The van der Waals surface area contributed by atoms with Crippen molar-refractivity contribution >= 4 is 17.7 Å². The first-order valence-corrected chi connectivity index (χ1v) is 6.71. The van der Waals surface area contributed by atoms with Crippen molar-refractivity contribution in [3.8, 4) is 0 Å². The van der Waals surface area contributed by atoms with Gasteiger partial charge in [0.1, 0.15) is 0 Å². The smallest absolute Gasteiger partial charge is 0.243 e. The first-order chi connectivity index (χ1) is 9.47. The van der Waals surface area contributed by atoms with Gasteiger partial charge in [-0.3, -0.25) is 19.8 Å². The van der Waals surface area contributed by atoms with E-state index in [1.807, 2.05) is 6.92 Å². The Morgan fingerprint density at radius 1 is 1.35 bits per heavy atom. The average molecular weight is 280 g/mol. The molecular weight excluding hydrogens is 260 g/mol. The van der Waals surface area contributed by atoms with Crippen LogP contribution in [0.15, 0.2) is 10.6 Å². The minimum absolute atomic E-state index is 0.0823. The zero-order valence-electron chi connectivity index (χ0n) is 12.0. The molecule has 2 amide bonds. The van der Waals surface area contributed by atoms with Gasteiger partial charge in [-0.25, -0.2) is 0 Å². The maximum absolute atomic E-state index is 12.1. The van der Waals surface area contributed by atoms with Gasteiger partial charge in [-0.2, -0.15) is 0 Å². The Hall–Kier alpha value is -1.89. The largest absolute Gasteiger partial charge is 0.340 e. The Balaban J connectivity index is 1.86. The number of nitrogens with zero attached hydrogens (tertiary/aromatic N) is 3. The van der Waals surface area contributed by atoms with Gasteiger partial charge in [-0.15, -0.1) is 0 Å². The first-order valence-electron chi connectivity index (χ1n) is 6.71. The van der Waals surface area contributed by atoms with E-state index in [9.17, 15) is 9.59 Å². The molecule has 1 aromatic rings. The number of anilines is 1. The molecule has 7 heteroatoms. The molecule has 0 radical (unpaired) electrons. The Bertz CT molecular complexity index is 492. The van der Waals surface area contributed by atoms with Gasteiger partial charge in [-0.05, 0) is 13.8 Å². The summed E-state index contributed by atoms with van der Waals surface area (Å²) in [6.45, 7) is 7.93. The van der Waals surface area contributed by atoms with Gasteiger partial charge in [0.25, 0.3) is 0 Å². The van der Waals surface area contributed by atoms with Crippen molar-refractivity contribution in [3.05, 3.63) is 11.8 Å². The Morgan fingerprint density at radius 2 is 2.00 bits per heavy atom. The SMILES string of the molecule is CC(=O)N1CCN([C@@H](C)C(=O)Nc2cc(C)no2)CC1. The third-order valence-electron chi connectivity index (χ3n) is 3.56. The number of hydrogen-bond acceptors (Lipinski definition) is 5. The van der Waals surface area contributed by atoms with Crippen molar-refractivity contribution in [3.63, 3.8) is 0 Å². The fourth-order valence-corrected chi connectivity index (χ4v) is 2.24. The van der Waals surface area contributed by atoms with Crippen LogP contribution in [0.4, 0.5) is 5.88 Å². The quantitative estimate of drug-likeness (QED) is 0.871. The Labute approximate surface area is 117 Å². The molecule has 2 heterocycles. The van der Waals surface area contributed by atoms with Gasteiger partial charge in [-0.1, -0.05) is 5.16 Å². The second-order valence-electron chi connectivity index (χ2n) is 5.04. The second kappa shape index (κ2) is 6.04. The number of aryl methyl sites for hydroxylation is 1. The highest BCUT2D eigenvalue weighted by atomic mass is 16.5. The van der Waals surface area contributed by atoms with E-state index < -0.39 is 0 Å². The summed E-state index contributed by atoms with van der Waals surface area (Å²) in [5.74, 6) is 0.318. The Kier molecular flexibility index (Phi) is 4.39. The van der Waals surface area contributed by atoms with E-state index >= 15 is 0 Å². The predicted octanol–water partition coefficient (Wildman–Crippen LogP) is 0.474. The van der Waals surface area contributed by atoms with E-state index in [-0.39, 0.29) is 17.9 Å². The summed E-state index contributed by atoms with van der Waals surface area (Å²) in [7, 11) is 0. The van der Waals surface area contributed by atoms with Crippen molar-refractivity contribution in [1.29, 1.82) is 0 Å². The molecule has 0 bridgehead atoms. The van der Waals surface area contributed by atoms with Crippen LogP contribution in [-0.2, 0) is 9.59 Å². The van der Waals surface area contributed by atoms with E-state index in [2.05, 4.69) is 15.4 Å². The maximum Gasteiger partial charge on any atom is 0.243 e. The van der Waals surface area contributed by atoms with Crippen molar-refractivity contribution in [1.82, 2.24) is 15.0 Å². The van der Waals surface area contributed by atoms with Gasteiger partial charge in [0.05, 0.1) is 11.7 Å². The third-order valence-corrected chi connectivity index (χ3v) is 3.56. The lowest BCUT2D eigenvalue weighted by Gasteiger charge is -2.36. The number of amides is 2. The van der Waals surface area contributed by atoms with Crippen LogP contribution in [0.5, 0.6) is 0 Å². The summed E-state index contributed by atoms with van der Waals surface area (Å²) in [6, 6.07) is 1.41. The molecule has 0 spiro atoms. The van der Waals surface area contributed by atoms with Crippen LogP contribution in [0.1, 0.15) is 19.5 Å².